The van der Waals surface area contributed by atoms with Crippen molar-refractivity contribution in [2.45, 2.75) is 51.0 Å². The van der Waals surface area contributed by atoms with Crippen molar-refractivity contribution in [1.29, 1.82) is 0 Å². The number of carboxylic acid groups (broad SMARTS) is 1. The van der Waals surface area contributed by atoms with E-state index in [2.05, 4.69) is 29.6 Å². The minimum atomic E-state index is -0.808. The number of rotatable bonds is 6. The van der Waals surface area contributed by atoms with Gasteiger partial charge in [-0.05, 0) is 47.9 Å². The summed E-state index contributed by atoms with van der Waals surface area (Å²) in [4.78, 5) is 39.2. The third kappa shape index (κ3) is 4.28. The molecule has 35 heavy (non-hydrogen) atoms. The normalized spacial score (nSPS) is 23.7. The Morgan fingerprint density at radius 2 is 1.74 bits per heavy atom. The van der Waals surface area contributed by atoms with Gasteiger partial charge in [0.05, 0.1) is 5.41 Å². The molecule has 184 valence electrons. The second-order valence-corrected chi connectivity index (χ2v) is 10.3. The fourth-order valence-electron chi connectivity index (χ4n) is 6.28. The summed E-state index contributed by atoms with van der Waals surface area (Å²) in [5.74, 6) is -0.915. The maximum atomic E-state index is 12.9. The monoisotopic (exact) mass is 476 g/mol. The molecule has 0 spiro atoms. The number of benzene rings is 2. The number of hydrogen-bond donors (Lipinski definition) is 2. The molecule has 1 saturated carbocycles. The summed E-state index contributed by atoms with van der Waals surface area (Å²) in [5.41, 5.74) is 3.82. The van der Waals surface area contributed by atoms with Crippen molar-refractivity contribution in [3.05, 3.63) is 59.7 Å². The van der Waals surface area contributed by atoms with Crippen LogP contribution >= 0.6 is 0 Å². The zero-order valence-electron chi connectivity index (χ0n) is 20.0. The topological polar surface area (TPSA) is 95.9 Å². The Morgan fingerprint density at radius 1 is 1.09 bits per heavy atom. The van der Waals surface area contributed by atoms with Crippen molar-refractivity contribution in [2.75, 3.05) is 19.7 Å². The Labute approximate surface area is 205 Å². The van der Waals surface area contributed by atoms with Crippen LogP contribution in [0.4, 0.5) is 4.79 Å². The highest BCUT2D eigenvalue weighted by atomic mass is 16.5. The van der Waals surface area contributed by atoms with Crippen LogP contribution in [0.25, 0.3) is 11.1 Å². The molecule has 2 amide bonds. The molecule has 2 unspecified atom stereocenters. The van der Waals surface area contributed by atoms with E-state index in [0.29, 0.717) is 13.0 Å². The number of ether oxygens (including phenoxy) is 1. The van der Waals surface area contributed by atoms with Crippen LogP contribution in [0.15, 0.2) is 48.5 Å². The van der Waals surface area contributed by atoms with E-state index < -0.39 is 23.5 Å². The molecular weight excluding hydrogens is 444 g/mol. The van der Waals surface area contributed by atoms with Crippen LogP contribution in [0.5, 0.6) is 0 Å². The van der Waals surface area contributed by atoms with Gasteiger partial charge in [-0.2, -0.15) is 0 Å². The van der Waals surface area contributed by atoms with Gasteiger partial charge in [-0.15, -0.1) is 0 Å². The molecule has 3 aliphatic rings. The van der Waals surface area contributed by atoms with E-state index in [1.165, 1.54) is 11.1 Å². The summed E-state index contributed by atoms with van der Waals surface area (Å²) in [6.07, 6.45) is 2.95. The van der Waals surface area contributed by atoms with Crippen molar-refractivity contribution >= 4 is 18.0 Å². The largest absolute Gasteiger partial charge is 0.481 e. The third-order valence-corrected chi connectivity index (χ3v) is 8.09. The first-order valence-corrected chi connectivity index (χ1v) is 12.5. The molecule has 1 heterocycles. The van der Waals surface area contributed by atoms with Gasteiger partial charge in [0.2, 0.25) is 5.91 Å². The molecule has 2 fully saturated rings. The smallest absolute Gasteiger partial charge is 0.407 e. The average Bonchev–Trinajstić information content (AvgIpc) is 3.40. The number of alkyl carbamates (subject to hydrolysis) is 1. The van der Waals surface area contributed by atoms with Crippen molar-refractivity contribution in [1.82, 2.24) is 10.2 Å². The molecule has 0 bridgehead atoms. The van der Waals surface area contributed by atoms with E-state index in [-0.39, 0.29) is 37.3 Å². The number of carbonyl (C=O) groups excluding carboxylic acids is 2. The molecule has 5 rings (SSSR count). The lowest BCUT2D eigenvalue weighted by molar-refractivity contribution is -0.152. The van der Waals surface area contributed by atoms with Gasteiger partial charge in [0.1, 0.15) is 6.61 Å². The zero-order valence-corrected chi connectivity index (χ0v) is 20.0. The second-order valence-electron chi connectivity index (χ2n) is 10.3. The second kappa shape index (κ2) is 9.36. The number of nitrogens with zero attached hydrogens (tertiary/aromatic N) is 1. The van der Waals surface area contributed by atoms with Crippen molar-refractivity contribution < 1.29 is 24.2 Å². The van der Waals surface area contributed by atoms with Gasteiger partial charge in [-0.1, -0.05) is 61.4 Å². The fraction of sp³-hybridized carbons (Fsp3) is 0.464. The van der Waals surface area contributed by atoms with E-state index in [1.54, 1.807) is 11.8 Å². The van der Waals surface area contributed by atoms with E-state index in [0.717, 1.165) is 30.4 Å². The molecule has 1 aliphatic heterocycles. The highest BCUT2D eigenvalue weighted by Crippen LogP contribution is 2.47. The van der Waals surface area contributed by atoms with E-state index in [4.69, 9.17) is 4.74 Å². The molecule has 2 N–H and O–H groups in total. The van der Waals surface area contributed by atoms with Gasteiger partial charge in [-0.3, -0.25) is 9.59 Å². The van der Waals surface area contributed by atoms with Crippen LogP contribution in [-0.4, -0.2) is 53.7 Å². The summed E-state index contributed by atoms with van der Waals surface area (Å²) in [6, 6.07) is 15.9. The lowest BCUT2D eigenvalue weighted by Gasteiger charge is -2.34. The van der Waals surface area contributed by atoms with Crippen LogP contribution < -0.4 is 5.32 Å². The number of amides is 2. The van der Waals surface area contributed by atoms with Gasteiger partial charge in [-0.25, -0.2) is 4.79 Å². The third-order valence-electron chi connectivity index (χ3n) is 8.09. The van der Waals surface area contributed by atoms with Crippen molar-refractivity contribution in [3.8, 4) is 11.1 Å². The number of carbonyl (C=O) groups is 3. The van der Waals surface area contributed by atoms with Crippen molar-refractivity contribution in [3.63, 3.8) is 0 Å². The molecule has 1 saturated heterocycles. The van der Waals surface area contributed by atoms with Gasteiger partial charge in [0.25, 0.3) is 0 Å². The molecule has 7 nitrogen and oxygen atoms in total. The van der Waals surface area contributed by atoms with Crippen LogP contribution in [0.2, 0.25) is 0 Å². The van der Waals surface area contributed by atoms with Crippen LogP contribution in [0, 0.1) is 11.3 Å². The maximum Gasteiger partial charge on any atom is 0.407 e. The Morgan fingerprint density at radius 3 is 2.37 bits per heavy atom. The Balaban J connectivity index is 1.15. The van der Waals surface area contributed by atoms with E-state index in [1.807, 2.05) is 24.3 Å². The molecule has 2 aromatic carbocycles. The first-order valence-electron chi connectivity index (χ1n) is 12.5. The number of fused-ring (bicyclic) bond motifs is 4. The first-order chi connectivity index (χ1) is 16.9. The van der Waals surface area contributed by atoms with Gasteiger partial charge < -0.3 is 20.1 Å². The maximum absolute atomic E-state index is 12.9. The first kappa shape index (κ1) is 23.4. The highest BCUT2D eigenvalue weighted by Gasteiger charge is 2.54. The molecule has 2 aliphatic carbocycles. The summed E-state index contributed by atoms with van der Waals surface area (Å²) in [5, 5.41) is 12.6. The number of aliphatic carboxylic acids is 1. The average molecular weight is 477 g/mol. The van der Waals surface area contributed by atoms with Gasteiger partial charge in [0, 0.05) is 31.5 Å². The van der Waals surface area contributed by atoms with Crippen LogP contribution in [0.1, 0.15) is 56.1 Å². The highest BCUT2D eigenvalue weighted by molar-refractivity contribution is 5.82. The molecular formula is C28H32N2O5. The van der Waals surface area contributed by atoms with Crippen LogP contribution in [0.3, 0.4) is 0 Å². The van der Waals surface area contributed by atoms with Gasteiger partial charge in [0.15, 0.2) is 0 Å². The molecule has 0 aromatic heterocycles. The predicted octanol–water partition coefficient (Wildman–Crippen LogP) is 4.41. The molecule has 0 radical (unpaired) electrons. The minimum absolute atomic E-state index is 0.0168. The predicted molar refractivity (Wildman–Crippen MR) is 131 cm³/mol. The Bertz CT molecular complexity index is 1100. The van der Waals surface area contributed by atoms with E-state index >= 15 is 0 Å². The molecule has 2 aromatic rings. The lowest BCUT2D eigenvalue weighted by Crippen LogP contribution is -2.42. The summed E-state index contributed by atoms with van der Waals surface area (Å²) >= 11 is 0. The Kier molecular flexibility index (Phi) is 6.26. The quantitative estimate of drug-likeness (QED) is 0.644. The Hall–Kier alpha value is -3.35. The number of hydrogen-bond acceptors (Lipinski definition) is 4. The molecule has 3 atom stereocenters. The fourth-order valence-corrected chi connectivity index (χ4v) is 6.28. The zero-order chi connectivity index (χ0) is 24.6. The lowest BCUT2D eigenvalue weighted by atomic mass is 9.68. The molecule has 7 heteroatoms. The number of carboxylic acids is 1. The summed E-state index contributed by atoms with van der Waals surface area (Å²) in [7, 11) is 0. The van der Waals surface area contributed by atoms with E-state index in [9.17, 15) is 19.5 Å². The van der Waals surface area contributed by atoms with Gasteiger partial charge >= 0.3 is 12.1 Å². The number of nitrogens with one attached hydrogen (secondary N) is 1. The minimum Gasteiger partial charge on any atom is -0.481 e. The number of likely N-dealkylation sites (tertiary alicyclic amines) is 1. The van der Waals surface area contributed by atoms with Crippen LogP contribution in [-0.2, 0) is 14.3 Å². The summed E-state index contributed by atoms with van der Waals surface area (Å²) < 4.78 is 5.59. The SMILES string of the molecule is C[C@H](CC(=O)N1CC2CCCCC2(C(=O)O)C1)NC(=O)OCC1c2ccccc2-c2ccccc21. The standard InChI is InChI=1S/C28H32N2O5/c1-18(14-25(31)30-15-19-8-6-7-13-28(19,17-30)26(32)33)29-27(34)35-16-24-22-11-4-2-9-20(22)21-10-3-5-12-23(21)24/h2-5,9-12,18-19,24H,6-8,13-17H2,1H3,(H,29,34)(H,32,33)/t18-,19?,28?/m1/s1. The summed E-state index contributed by atoms with van der Waals surface area (Å²) in [6.45, 7) is 2.75. The van der Waals surface area contributed by atoms with Crippen molar-refractivity contribution in [2.24, 2.45) is 11.3 Å².